The van der Waals surface area contributed by atoms with Gasteiger partial charge < -0.3 is 15.3 Å². The van der Waals surface area contributed by atoms with Crippen LogP contribution in [0, 0.1) is 5.92 Å². The van der Waals surface area contributed by atoms with Crippen LogP contribution >= 0.6 is 0 Å². The normalized spacial score (nSPS) is 21.6. The molecule has 2 rings (SSSR count). The zero-order chi connectivity index (χ0) is 15.6. The fourth-order valence-electron chi connectivity index (χ4n) is 3.04. The van der Waals surface area contributed by atoms with E-state index in [0.29, 0.717) is 12.5 Å². The molecule has 0 aliphatic heterocycles. The maximum atomic E-state index is 12.3. The molecular weight excluding hydrogens is 264 g/mol. The number of rotatable bonds is 3. The number of carbonyl (C=O) groups is 1. The predicted octanol–water partition coefficient (Wildman–Crippen LogP) is 2.72. The number of likely N-dealkylation sites (N-methyl/N-ethyl adjacent to an activating group) is 1. The van der Waals surface area contributed by atoms with Crippen LogP contribution in [-0.4, -0.2) is 35.2 Å². The summed E-state index contributed by atoms with van der Waals surface area (Å²) in [6, 6.07) is 8.23. The average molecular weight is 290 g/mol. The highest BCUT2D eigenvalue weighted by molar-refractivity contribution is 5.74. The predicted molar refractivity (Wildman–Crippen MR) is 84.1 cm³/mol. The standard InChI is InChI=1S/C17H26N2O2/c1-12-9-10-13-7-5-6-8-14(13)15(12)18-16(20)19(4)11-17(2,3)21/h5-8,12,15,21H,9-11H2,1-4H3,(H,18,20). The summed E-state index contributed by atoms with van der Waals surface area (Å²) < 4.78 is 0. The van der Waals surface area contributed by atoms with Gasteiger partial charge in [0, 0.05) is 7.05 Å². The molecule has 1 aromatic rings. The molecule has 4 heteroatoms. The Morgan fingerprint density at radius 3 is 2.76 bits per heavy atom. The molecule has 0 fully saturated rings. The van der Waals surface area contributed by atoms with E-state index in [1.807, 2.05) is 12.1 Å². The number of aryl methyl sites for hydroxylation is 1. The van der Waals surface area contributed by atoms with Gasteiger partial charge in [-0.3, -0.25) is 0 Å². The molecule has 2 atom stereocenters. The van der Waals surface area contributed by atoms with E-state index in [1.165, 1.54) is 11.1 Å². The third-order valence-corrected chi connectivity index (χ3v) is 4.08. The van der Waals surface area contributed by atoms with E-state index >= 15 is 0 Å². The van der Waals surface area contributed by atoms with Crippen LogP contribution in [0.3, 0.4) is 0 Å². The van der Waals surface area contributed by atoms with Crippen molar-refractivity contribution in [3.8, 4) is 0 Å². The van der Waals surface area contributed by atoms with Crippen LogP contribution in [0.4, 0.5) is 4.79 Å². The second-order valence-electron chi connectivity index (χ2n) is 6.81. The summed E-state index contributed by atoms with van der Waals surface area (Å²) in [5.74, 6) is 0.416. The lowest BCUT2D eigenvalue weighted by molar-refractivity contribution is 0.0524. The highest BCUT2D eigenvalue weighted by atomic mass is 16.3. The van der Waals surface area contributed by atoms with Gasteiger partial charge in [0.05, 0.1) is 18.2 Å². The highest BCUT2D eigenvalue weighted by Gasteiger charge is 2.29. The molecule has 0 saturated carbocycles. The van der Waals surface area contributed by atoms with E-state index in [1.54, 1.807) is 25.8 Å². The van der Waals surface area contributed by atoms with Crippen molar-refractivity contribution < 1.29 is 9.90 Å². The van der Waals surface area contributed by atoms with Gasteiger partial charge in [-0.2, -0.15) is 0 Å². The van der Waals surface area contributed by atoms with Crippen LogP contribution in [-0.2, 0) is 6.42 Å². The van der Waals surface area contributed by atoms with Crippen molar-refractivity contribution in [2.75, 3.05) is 13.6 Å². The first-order chi connectivity index (χ1) is 9.78. The zero-order valence-electron chi connectivity index (χ0n) is 13.4. The van der Waals surface area contributed by atoms with Crippen LogP contribution in [0.15, 0.2) is 24.3 Å². The van der Waals surface area contributed by atoms with Gasteiger partial charge >= 0.3 is 6.03 Å². The van der Waals surface area contributed by atoms with Gasteiger partial charge in [0.15, 0.2) is 0 Å². The summed E-state index contributed by atoms with van der Waals surface area (Å²) in [5, 5.41) is 13.0. The van der Waals surface area contributed by atoms with E-state index in [-0.39, 0.29) is 12.1 Å². The Morgan fingerprint density at radius 2 is 2.10 bits per heavy atom. The van der Waals surface area contributed by atoms with Crippen LogP contribution in [0.2, 0.25) is 0 Å². The fourth-order valence-corrected chi connectivity index (χ4v) is 3.04. The summed E-state index contributed by atoms with van der Waals surface area (Å²) in [6.45, 7) is 5.89. The summed E-state index contributed by atoms with van der Waals surface area (Å²) in [5.41, 5.74) is 1.66. The number of nitrogens with zero attached hydrogens (tertiary/aromatic N) is 1. The lowest BCUT2D eigenvalue weighted by Crippen LogP contribution is -2.47. The summed E-state index contributed by atoms with van der Waals surface area (Å²) in [7, 11) is 1.71. The smallest absolute Gasteiger partial charge is 0.317 e. The molecular formula is C17H26N2O2. The summed E-state index contributed by atoms with van der Waals surface area (Å²) in [4.78, 5) is 13.9. The number of carbonyl (C=O) groups excluding carboxylic acids is 1. The third-order valence-electron chi connectivity index (χ3n) is 4.08. The Labute approximate surface area is 127 Å². The maximum absolute atomic E-state index is 12.3. The summed E-state index contributed by atoms with van der Waals surface area (Å²) >= 11 is 0. The van der Waals surface area contributed by atoms with Crippen molar-refractivity contribution in [3.63, 3.8) is 0 Å². The van der Waals surface area contributed by atoms with E-state index < -0.39 is 5.60 Å². The highest BCUT2D eigenvalue weighted by Crippen LogP contribution is 2.34. The van der Waals surface area contributed by atoms with Gasteiger partial charge in [-0.05, 0) is 43.7 Å². The van der Waals surface area contributed by atoms with Crippen molar-refractivity contribution in [1.82, 2.24) is 10.2 Å². The number of hydrogen-bond acceptors (Lipinski definition) is 2. The molecule has 21 heavy (non-hydrogen) atoms. The number of amides is 2. The second-order valence-corrected chi connectivity index (χ2v) is 6.81. The molecule has 2 amide bonds. The van der Waals surface area contributed by atoms with Gasteiger partial charge in [0.25, 0.3) is 0 Å². The molecule has 0 aromatic heterocycles. The first-order valence-corrected chi connectivity index (χ1v) is 7.60. The molecule has 1 aromatic carbocycles. The van der Waals surface area contributed by atoms with Gasteiger partial charge in [-0.25, -0.2) is 4.79 Å². The third kappa shape index (κ3) is 3.97. The molecule has 116 valence electrons. The topological polar surface area (TPSA) is 52.6 Å². The largest absolute Gasteiger partial charge is 0.389 e. The molecule has 0 saturated heterocycles. The Kier molecular flexibility index (Phi) is 4.57. The molecule has 0 heterocycles. The SMILES string of the molecule is CC1CCc2ccccc2C1NC(=O)N(C)CC(C)(C)O. The molecule has 0 bridgehead atoms. The van der Waals surface area contributed by atoms with Gasteiger partial charge in [0.1, 0.15) is 0 Å². The number of benzene rings is 1. The minimum atomic E-state index is -0.887. The summed E-state index contributed by atoms with van der Waals surface area (Å²) in [6.07, 6.45) is 2.15. The fraction of sp³-hybridized carbons (Fsp3) is 0.588. The molecule has 0 spiro atoms. The first-order valence-electron chi connectivity index (χ1n) is 7.60. The lowest BCUT2D eigenvalue weighted by atomic mass is 9.81. The van der Waals surface area contributed by atoms with Crippen molar-refractivity contribution >= 4 is 6.03 Å². The van der Waals surface area contributed by atoms with Crippen LogP contribution < -0.4 is 5.32 Å². The monoisotopic (exact) mass is 290 g/mol. The first kappa shape index (κ1) is 15.8. The Bertz CT molecular complexity index is 508. The molecule has 4 nitrogen and oxygen atoms in total. The van der Waals surface area contributed by atoms with Crippen molar-refractivity contribution in [1.29, 1.82) is 0 Å². The minimum Gasteiger partial charge on any atom is -0.389 e. The van der Waals surface area contributed by atoms with Gasteiger partial charge in [-0.15, -0.1) is 0 Å². The van der Waals surface area contributed by atoms with Crippen molar-refractivity contribution in [3.05, 3.63) is 35.4 Å². The number of nitrogens with one attached hydrogen (secondary N) is 1. The van der Waals surface area contributed by atoms with Crippen LogP contribution in [0.25, 0.3) is 0 Å². The van der Waals surface area contributed by atoms with Crippen molar-refractivity contribution in [2.45, 2.75) is 45.3 Å². The van der Waals surface area contributed by atoms with Crippen molar-refractivity contribution in [2.24, 2.45) is 5.92 Å². The Hall–Kier alpha value is -1.55. The molecule has 2 unspecified atom stereocenters. The minimum absolute atomic E-state index is 0.0479. The quantitative estimate of drug-likeness (QED) is 0.899. The van der Waals surface area contributed by atoms with Crippen LogP contribution in [0.5, 0.6) is 0 Å². The van der Waals surface area contributed by atoms with E-state index in [0.717, 1.165) is 12.8 Å². The van der Waals surface area contributed by atoms with E-state index in [2.05, 4.69) is 24.4 Å². The number of fused-ring (bicyclic) bond motifs is 1. The van der Waals surface area contributed by atoms with E-state index in [4.69, 9.17) is 0 Å². The Morgan fingerprint density at radius 1 is 1.43 bits per heavy atom. The average Bonchev–Trinajstić information content (AvgIpc) is 2.40. The second kappa shape index (κ2) is 6.06. The van der Waals surface area contributed by atoms with Crippen LogP contribution in [0.1, 0.15) is 44.4 Å². The zero-order valence-corrected chi connectivity index (χ0v) is 13.4. The number of urea groups is 1. The van der Waals surface area contributed by atoms with Gasteiger partial charge in [-0.1, -0.05) is 31.2 Å². The number of hydrogen-bond donors (Lipinski definition) is 2. The van der Waals surface area contributed by atoms with E-state index in [9.17, 15) is 9.90 Å². The van der Waals surface area contributed by atoms with Gasteiger partial charge in [0.2, 0.25) is 0 Å². The lowest BCUT2D eigenvalue weighted by Gasteiger charge is -2.34. The molecule has 2 N–H and O–H groups in total. The maximum Gasteiger partial charge on any atom is 0.317 e. The number of aliphatic hydroxyl groups is 1. The molecule has 0 radical (unpaired) electrons. The molecule has 1 aliphatic carbocycles. The Balaban J connectivity index is 2.10. The molecule has 1 aliphatic rings.